The van der Waals surface area contributed by atoms with Gasteiger partial charge in [0.25, 0.3) is 0 Å². The molecule has 0 spiro atoms. The zero-order chi connectivity index (χ0) is 9.35. The zero-order valence-corrected chi connectivity index (χ0v) is 6.63. The van der Waals surface area contributed by atoms with Gasteiger partial charge in [0, 0.05) is 0 Å². The first-order chi connectivity index (χ1) is 5.43. The summed E-state index contributed by atoms with van der Waals surface area (Å²) in [4.78, 5) is 10.4. The van der Waals surface area contributed by atoms with Crippen LogP contribution in [0.5, 0.6) is 0 Å². The number of carboxylic acids is 1. The van der Waals surface area contributed by atoms with Crippen molar-refractivity contribution in [3.63, 3.8) is 0 Å². The van der Waals surface area contributed by atoms with Gasteiger partial charge in [-0.2, -0.15) is 10.3 Å². The number of aromatic nitrogens is 3. The van der Waals surface area contributed by atoms with E-state index < -0.39 is 11.6 Å². The van der Waals surface area contributed by atoms with Crippen LogP contribution in [0.2, 0.25) is 0 Å². The van der Waals surface area contributed by atoms with Crippen LogP contribution in [-0.2, 0) is 5.67 Å². The number of alkyl halides is 1. The number of aromatic amines is 1. The minimum Gasteiger partial charge on any atom is -0.476 e. The van der Waals surface area contributed by atoms with E-state index in [9.17, 15) is 9.18 Å². The summed E-state index contributed by atoms with van der Waals surface area (Å²) in [5.74, 6) is -1.29. The Morgan fingerprint density at radius 3 is 2.50 bits per heavy atom. The topological polar surface area (TPSA) is 78.9 Å². The number of H-pyrrole nitrogens is 1. The lowest BCUT2D eigenvalue weighted by Crippen LogP contribution is -2.15. The van der Waals surface area contributed by atoms with Crippen molar-refractivity contribution in [1.82, 2.24) is 15.4 Å². The first-order valence-electron chi connectivity index (χ1n) is 3.26. The number of carboxylic acid groups (broad SMARTS) is 1. The number of hydrogen-bond acceptors (Lipinski definition) is 3. The third-order valence-electron chi connectivity index (χ3n) is 1.31. The molecule has 0 aliphatic rings. The van der Waals surface area contributed by atoms with E-state index in [1.54, 1.807) is 0 Å². The number of hydrogen-bond donors (Lipinski definition) is 2. The zero-order valence-electron chi connectivity index (χ0n) is 6.63. The fourth-order valence-corrected chi connectivity index (χ4v) is 0.794. The second-order valence-corrected chi connectivity index (χ2v) is 2.80. The van der Waals surface area contributed by atoms with Crippen molar-refractivity contribution >= 4 is 5.97 Å². The molecule has 0 fully saturated rings. The maximum absolute atomic E-state index is 13.2. The number of rotatable bonds is 2. The van der Waals surface area contributed by atoms with Crippen molar-refractivity contribution in [2.75, 3.05) is 0 Å². The number of aromatic carboxylic acids is 1. The molecule has 0 saturated heterocycles. The molecule has 5 nitrogen and oxygen atoms in total. The van der Waals surface area contributed by atoms with Gasteiger partial charge in [-0.25, -0.2) is 9.18 Å². The Hall–Kier alpha value is -1.46. The van der Waals surface area contributed by atoms with Crippen LogP contribution in [0.4, 0.5) is 4.39 Å². The predicted octanol–water partition coefficient (Wildman–Crippen LogP) is 0.708. The molecule has 1 aromatic heterocycles. The molecule has 0 aliphatic carbocycles. The highest BCUT2D eigenvalue weighted by molar-refractivity contribution is 5.86. The van der Waals surface area contributed by atoms with Gasteiger partial charge in [0.05, 0.1) is 0 Å². The molecule has 2 N–H and O–H groups in total. The Bertz CT molecular complexity index is 302. The van der Waals surface area contributed by atoms with Crippen LogP contribution in [0.3, 0.4) is 0 Å². The van der Waals surface area contributed by atoms with Crippen molar-refractivity contribution < 1.29 is 14.3 Å². The van der Waals surface area contributed by atoms with E-state index in [1.807, 2.05) is 0 Å². The van der Waals surface area contributed by atoms with E-state index in [0.717, 1.165) is 0 Å². The average molecular weight is 173 g/mol. The maximum atomic E-state index is 13.2. The van der Waals surface area contributed by atoms with Gasteiger partial charge in [-0.15, -0.1) is 5.10 Å². The second kappa shape index (κ2) is 2.54. The lowest BCUT2D eigenvalue weighted by Gasteiger charge is -2.09. The van der Waals surface area contributed by atoms with Crippen LogP contribution in [0, 0.1) is 0 Å². The number of carbonyl (C=O) groups is 1. The number of halogens is 1. The van der Waals surface area contributed by atoms with Crippen LogP contribution in [0.1, 0.15) is 30.0 Å². The minimum atomic E-state index is -1.79. The molecule has 12 heavy (non-hydrogen) atoms. The van der Waals surface area contributed by atoms with Crippen LogP contribution >= 0.6 is 0 Å². The first-order valence-corrected chi connectivity index (χ1v) is 3.26. The van der Waals surface area contributed by atoms with Gasteiger partial charge in [-0.1, -0.05) is 0 Å². The summed E-state index contributed by atoms with van der Waals surface area (Å²) in [7, 11) is 0. The molecule has 0 saturated carbocycles. The molecule has 6 heteroatoms. The molecule has 66 valence electrons. The third-order valence-corrected chi connectivity index (χ3v) is 1.31. The van der Waals surface area contributed by atoms with E-state index in [2.05, 4.69) is 15.4 Å². The highest BCUT2D eigenvalue weighted by Gasteiger charge is 2.29. The monoisotopic (exact) mass is 173 g/mol. The summed E-state index contributed by atoms with van der Waals surface area (Å²) < 4.78 is 13.2. The van der Waals surface area contributed by atoms with Gasteiger partial charge >= 0.3 is 5.97 Å². The van der Waals surface area contributed by atoms with Crippen LogP contribution in [0.15, 0.2) is 0 Å². The standard InChI is InChI=1S/C6H8FN3O2/c1-6(2,7)4-3(5(11)12)8-10-9-4/h1-2H3,(H,11,12)(H,8,9,10). The molecule has 0 aliphatic heterocycles. The van der Waals surface area contributed by atoms with Crippen LogP contribution < -0.4 is 0 Å². The van der Waals surface area contributed by atoms with Gasteiger partial charge < -0.3 is 5.11 Å². The number of nitrogens with zero attached hydrogens (tertiary/aromatic N) is 2. The molecule has 0 bridgehead atoms. The van der Waals surface area contributed by atoms with Gasteiger partial charge in [0.1, 0.15) is 5.69 Å². The van der Waals surface area contributed by atoms with E-state index in [4.69, 9.17) is 5.11 Å². The molecule has 1 rings (SSSR count). The summed E-state index contributed by atoms with van der Waals surface area (Å²) in [6.07, 6.45) is 0. The lowest BCUT2D eigenvalue weighted by molar-refractivity contribution is 0.0682. The molecule has 0 aromatic carbocycles. The van der Waals surface area contributed by atoms with E-state index in [1.165, 1.54) is 13.8 Å². The van der Waals surface area contributed by atoms with Crippen molar-refractivity contribution in [2.45, 2.75) is 19.5 Å². The first kappa shape index (κ1) is 8.63. The largest absolute Gasteiger partial charge is 0.476 e. The molecule has 0 radical (unpaired) electrons. The smallest absolute Gasteiger partial charge is 0.358 e. The highest BCUT2D eigenvalue weighted by Crippen LogP contribution is 2.23. The fourth-order valence-electron chi connectivity index (χ4n) is 0.794. The van der Waals surface area contributed by atoms with Crippen LogP contribution in [0.25, 0.3) is 0 Å². The van der Waals surface area contributed by atoms with Crippen molar-refractivity contribution in [3.8, 4) is 0 Å². The Morgan fingerprint density at radius 2 is 2.17 bits per heavy atom. The van der Waals surface area contributed by atoms with Gasteiger partial charge in [0.15, 0.2) is 11.4 Å². The molecular weight excluding hydrogens is 165 g/mol. The van der Waals surface area contributed by atoms with Crippen molar-refractivity contribution in [3.05, 3.63) is 11.4 Å². The molecule has 0 unspecified atom stereocenters. The summed E-state index contributed by atoms with van der Waals surface area (Å²) in [5.41, 5.74) is -2.35. The van der Waals surface area contributed by atoms with E-state index in [-0.39, 0.29) is 11.4 Å². The summed E-state index contributed by atoms with van der Waals surface area (Å²) in [6.45, 7) is 2.44. The summed E-state index contributed by atoms with van der Waals surface area (Å²) >= 11 is 0. The summed E-state index contributed by atoms with van der Waals surface area (Å²) in [6, 6.07) is 0. The predicted molar refractivity (Wildman–Crippen MR) is 37.5 cm³/mol. The maximum Gasteiger partial charge on any atom is 0.358 e. The summed E-state index contributed by atoms with van der Waals surface area (Å²) in [5, 5.41) is 17.3. The Kier molecular flexibility index (Phi) is 1.83. The van der Waals surface area contributed by atoms with Gasteiger partial charge in [0.2, 0.25) is 0 Å². The average Bonchev–Trinajstić information content (AvgIpc) is 2.30. The lowest BCUT2D eigenvalue weighted by atomic mass is 10.1. The molecule has 1 heterocycles. The molecular formula is C6H8FN3O2. The SMILES string of the molecule is CC(C)(F)c1n[nH]nc1C(=O)O. The number of nitrogens with one attached hydrogen (secondary N) is 1. The van der Waals surface area contributed by atoms with Crippen LogP contribution in [-0.4, -0.2) is 26.5 Å². The fraction of sp³-hybridized carbons (Fsp3) is 0.500. The normalized spacial score (nSPS) is 11.6. The van der Waals surface area contributed by atoms with E-state index in [0.29, 0.717) is 0 Å². The van der Waals surface area contributed by atoms with Crippen molar-refractivity contribution in [2.24, 2.45) is 0 Å². The van der Waals surface area contributed by atoms with Gasteiger partial charge in [-0.05, 0) is 13.8 Å². The minimum absolute atomic E-state index is 0.185. The van der Waals surface area contributed by atoms with Crippen molar-refractivity contribution in [1.29, 1.82) is 0 Å². The quantitative estimate of drug-likeness (QED) is 0.690. The third kappa shape index (κ3) is 1.41. The highest BCUT2D eigenvalue weighted by atomic mass is 19.1. The molecule has 0 atom stereocenters. The Balaban J connectivity index is 3.17. The second-order valence-electron chi connectivity index (χ2n) is 2.80. The van der Waals surface area contributed by atoms with E-state index >= 15 is 0 Å². The molecule has 1 aromatic rings. The Labute approximate surface area is 67.6 Å². The molecule has 0 amide bonds. The Morgan fingerprint density at radius 1 is 1.58 bits per heavy atom. The van der Waals surface area contributed by atoms with Gasteiger partial charge in [-0.3, -0.25) is 0 Å².